The molecule has 1 aliphatic heterocycles. The zero-order chi connectivity index (χ0) is 19.1. The maximum absolute atomic E-state index is 12.0. The summed E-state index contributed by atoms with van der Waals surface area (Å²) in [5.74, 6) is -0.398. The van der Waals surface area contributed by atoms with Gasteiger partial charge in [0.1, 0.15) is 0 Å². The van der Waals surface area contributed by atoms with Crippen molar-refractivity contribution in [1.82, 2.24) is 0 Å². The number of anilines is 1. The molecule has 3 rings (SSSR count). The summed E-state index contributed by atoms with van der Waals surface area (Å²) in [6.45, 7) is 3.22. The van der Waals surface area contributed by atoms with E-state index >= 15 is 0 Å². The number of nitrogens with one attached hydrogen (secondary N) is 1. The second-order valence-electron chi connectivity index (χ2n) is 5.93. The van der Waals surface area contributed by atoms with Gasteiger partial charge in [0.05, 0.1) is 12.3 Å². The predicted octanol–water partition coefficient (Wildman–Crippen LogP) is 4.39. The lowest BCUT2D eigenvalue weighted by Crippen LogP contribution is -2.11. The monoisotopic (exact) mass is 385 g/mol. The van der Waals surface area contributed by atoms with Gasteiger partial charge in [-0.05, 0) is 42.3 Å². The van der Waals surface area contributed by atoms with Crippen molar-refractivity contribution in [2.24, 2.45) is 10.1 Å². The first kappa shape index (κ1) is 19.1. The highest BCUT2D eigenvalue weighted by Gasteiger charge is 2.25. The summed E-state index contributed by atoms with van der Waals surface area (Å²) < 4.78 is 10.8. The summed E-state index contributed by atoms with van der Waals surface area (Å²) in [5.41, 5.74) is 5.07. The average molecular weight is 386 g/mol. The Balaban J connectivity index is 1.68. The van der Waals surface area contributed by atoms with Gasteiger partial charge in [-0.25, -0.2) is 4.79 Å². The van der Waals surface area contributed by atoms with Gasteiger partial charge in [-0.3, -0.25) is 5.43 Å². The quantitative estimate of drug-likeness (QED) is 0.415. The normalized spacial score (nSPS) is 15.0. The number of ether oxygens (including phenoxy) is 2. The second-order valence-corrected chi connectivity index (χ2v) is 6.34. The van der Waals surface area contributed by atoms with Gasteiger partial charge < -0.3 is 9.47 Å². The van der Waals surface area contributed by atoms with Crippen LogP contribution in [-0.4, -0.2) is 24.3 Å². The fourth-order valence-electron chi connectivity index (χ4n) is 2.37. The van der Waals surface area contributed by atoms with Gasteiger partial charge in [0.25, 0.3) is 5.84 Å². The first-order valence-electron chi connectivity index (χ1n) is 8.73. The molecular weight excluding hydrogens is 366 g/mol. The van der Waals surface area contributed by atoms with Crippen LogP contribution in [0.5, 0.6) is 0 Å². The molecule has 0 fully saturated rings. The Bertz CT molecular complexity index is 866. The van der Waals surface area contributed by atoms with Crippen LogP contribution in [0.1, 0.15) is 30.9 Å². The molecule has 27 heavy (non-hydrogen) atoms. The molecule has 2 aromatic rings. The number of halogens is 1. The zero-order valence-electron chi connectivity index (χ0n) is 14.9. The zero-order valence-corrected chi connectivity index (χ0v) is 15.7. The molecule has 0 radical (unpaired) electrons. The molecule has 0 aromatic heterocycles. The number of hydrogen-bond acceptors (Lipinski definition) is 5. The highest BCUT2D eigenvalue weighted by Crippen LogP contribution is 2.22. The number of esters is 1. The Hall–Kier alpha value is -2.70. The lowest BCUT2D eigenvalue weighted by atomic mass is 10.2. The van der Waals surface area contributed by atoms with E-state index < -0.39 is 5.97 Å². The van der Waals surface area contributed by atoms with Crippen molar-refractivity contribution >= 4 is 35.0 Å². The molecule has 0 unspecified atom stereocenters. The Kier molecular flexibility index (Phi) is 6.57. The maximum atomic E-state index is 12.0. The Morgan fingerprint density at radius 3 is 2.81 bits per heavy atom. The van der Waals surface area contributed by atoms with E-state index in [9.17, 15) is 4.79 Å². The average Bonchev–Trinajstić information content (AvgIpc) is 3.07. The number of rotatable bonds is 8. The van der Waals surface area contributed by atoms with E-state index in [1.54, 1.807) is 12.1 Å². The third-order valence-corrected chi connectivity index (χ3v) is 4.21. The lowest BCUT2D eigenvalue weighted by molar-refractivity contribution is -0.127. The van der Waals surface area contributed by atoms with E-state index in [1.807, 2.05) is 36.4 Å². The van der Waals surface area contributed by atoms with Crippen molar-refractivity contribution in [3.63, 3.8) is 0 Å². The molecule has 140 valence electrons. The van der Waals surface area contributed by atoms with Crippen molar-refractivity contribution in [2.75, 3.05) is 12.0 Å². The van der Waals surface area contributed by atoms with Crippen molar-refractivity contribution in [3.05, 3.63) is 64.7 Å². The van der Waals surface area contributed by atoms with Gasteiger partial charge in [-0.1, -0.05) is 43.1 Å². The highest BCUT2D eigenvalue weighted by molar-refractivity contribution is 6.43. The first-order valence-corrected chi connectivity index (χ1v) is 9.11. The van der Waals surface area contributed by atoms with E-state index in [2.05, 4.69) is 22.4 Å². The highest BCUT2D eigenvalue weighted by atomic mass is 35.5. The van der Waals surface area contributed by atoms with Gasteiger partial charge in [0, 0.05) is 17.2 Å². The third-order valence-electron chi connectivity index (χ3n) is 3.84. The van der Waals surface area contributed by atoms with Gasteiger partial charge in [0.15, 0.2) is 0 Å². The van der Waals surface area contributed by atoms with E-state index in [-0.39, 0.29) is 11.7 Å². The fourth-order valence-corrected chi connectivity index (χ4v) is 2.55. The predicted molar refractivity (Wildman–Crippen MR) is 106 cm³/mol. The minimum Gasteiger partial charge on any atom is -0.401 e. The second kappa shape index (κ2) is 9.30. The number of carbonyl (C=O) groups is 1. The Morgan fingerprint density at radius 2 is 2.04 bits per heavy atom. The molecule has 2 aromatic carbocycles. The number of hydrogen-bond donors (Lipinski definition) is 1. The Morgan fingerprint density at radius 1 is 1.22 bits per heavy atom. The summed E-state index contributed by atoms with van der Waals surface area (Å²) >= 11 is 6.21. The molecule has 7 heteroatoms. The SMILES string of the molecule is CCCCOCc1cc(NN=C2N=C(c3ccccc3)OC2=O)ccc1Cl. The Labute approximate surface area is 162 Å². The fraction of sp³-hybridized carbons (Fsp3) is 0.250. The van der Waals surface area contributed by atoms with Crippen LogP contribution in [-0.2, 0) is 20.9 Å². The topological polar surface area (TPSA) is 72.3 Å². The lowest BCUT2D eigenvalue weighted by Gasteiger charge is -2.08. The van der Waals surface area contributed by atoms with Gasteiger partial charge in [0.2, 0.25) is 5.90 Å². The molecule has 1 N–H and O–H groups in total. The van der Waals surface area contributed by atoms with E-state index in [0.29, 0.717) is 29.5 Å². The molecule has 6 nitrogen and oxygen atoms in total. The largest absolute Gasteiger partial charge is 0.401 e. The van der Waals surface area contributed by atoms with Crippen molar-refractivity contribution < 1.29 is 14.3 Å². The number of benzene rings is 2. The molecule has 0 atom stereocenters. The number of nitrogens with zero attached hydrogens (tertiary/aromatic N) is 2. The molecule has 0 spiro atoms. The van der Waals surface area contributed by atoms with E-state index in [1.165, 1.54) is 0 Å². The van der Waals surface area contributed by atoms with Gasteiger partial charge >= 0.3 is 5.97 Å². The van der Waals surface area contributed by atoms with Crippen LogP contribution in [0.15, 0.2) is 58.6 Å². The molecule has 0 bridgehead atoms. The molecular formula is C20H20ClN3O3. The van der Waals surface area contributed by atoms with Gasteiger partial charge in [-0.15, -0.1) is 5.10 Å². The molecule has 1 aliphatic rings. The number of amidine groups is 1. The van der Waals surface area contributed by atoms with Crippen LogP contribution in [0.25, 0.3) is 0 Å². The van der Waals surface area contributed by atoms with Gasteiger partial charge in [-0.2, -0.15) is 4.99 Å². The van der Waals surface area contributed by atoms with Crippen molar-refractivity contribution in [1.29, 1.82) is 0 Å². The molecule has 0 saturated carbocycles. The van der Waals surface area contributed by atoms with Crippen LogP contribution in [0.2, 0.25) is 5.02 Å². The van der Waals surface area contributed by atoms with Crippen LogP contribution in [0.3, 0.4) is 0 Å². The number of aliphatic imine (C=N–C) groups is 1. The van der Waals surface area contributed by atoms with Crippen LogP contribution in [0, 0.1) is 0 Å². The molecule has 0 aliphatic carbocycles. The number of carbonyl (C=O) groups excluding carboxylic acids is 1. The smallest absolute Gasteiger partial charge is 0.385 e. The van der Waals surface area contributed by atoms with E-state index in [0.717, 1.165) is 18.4 Å². The number of unbranched alkanes of at least 4 members (excludes halogenated alkanes) is 1. The summed E-state index contributed by atoms with van der Waals surface area (Å²) in [6.07, 6.45) is 2.08. The first-order chi connectivity index (χ1) is 13.2. The summed E-state index contributed by atoms with van der Waals surface area (Å²) in [5, 5.41) is 4.67. The molecule has 0 amide bonds. The van der Waals surface area contributed by atoms with Crippen molar-refractivity contribution in [3.8, 4) is 0 Å². The van der Waals surface area contributed by atoms with Crippen LogP contribution in [0.4, 0.5) is 5.69 Å². The minimum atomic E-state index is -0.599. The molecule has 1 heterocycles. The van der Waals surface area contributed by atoms with Crippen LogP contribution < -0.4 is 5.43 Å². The summed E-state index contributed by atoms with van der Waals surface area (Å²) in [6, 6.07) is 14.5. The summed E-state index contributed by atoms with van der Waals surface area (Å²) in [7, 11) is 0. The molecule has 0 saturated heterocycles. The third kappa shape index (κ3) is 5.15. The van der Waals surface area contributed by atoms with Crippen molar-refractivity contribution in [2.45, 2.75) is 26.4 Å². The standard InChI is InChI=1S/C20H20ClN3O3/c1-2-3-11-26-13-15-12-16(9-10-17(15)21)23-24-18-20(25)27-19(22-18)14-7-5-4-6-8-14/h4-10,12,23H,2-3,11,13H2,1H3. The van der Waals surface area contributed by atoms with E-state index in [4.69, 9.17) is 21.1 Å². The van der Waals surface area contributed by atoms with Crippen LogP contribution >= 0.6 is 11.6 Å². The number of cyclic esters (lactones) is 1. The minimum absolute atomic E-state index is 0.0375. The summed E-state index contributed by atoms with van der Waals surface area (Å²) in [4.78, 5) is 16.1. The number of hydrazone groups is 1. The maximum Gasteiger partial charge on any atom is 0.385 e.